The number of anilines is 2. The lowest BCUT2D eigenvalue weighted by atomic mass is 9.94. The summed E-state index contributed by atoms with van der Waals surface area (Å²) in [5.74, 6) is 0. The molecule has 0 amide bonds. The van der Waals surface area contributed by atoms with Crippen molar-refractivity contribution < 1.29 is 5.11 Å². The average molecular weight is 259 g/mol. The number of nitrogens with zero attached hydrogens (tertiary/aromatic N) is 1. The highest BCUT2D eigenvalue weighted by Crippen LogP contribution is 2.28. The van der Waals surface area contributed by atoms with Crippen LogP contribution in [0.25, 0.3) is 10.9 Å². The summed E-state index contributed by atoms with van der Waals surface area (Å²) in [7, 11) is 0. The number of aromatic nitrogens is 1. The first-order chi connectivity index (χ1) is 9.08. The molecule has 102 valence electrons. The lowest BCUT2D eigenvalue weighted by Crippen LogP contribution is -2.35. The summed E-state index contributed by atoms with van der Waals surface area (Å²) in [5.41, 5.74) is 8.29. The average Bonchev–Trinajstić information content (AvgIpc) is 2.39. The van der Waals surface area contributed by atoms with Gasteiger partial charge in [-0.2, -0.15) is 0 Å². The highest BCUT2D eigenvalue weighted by Gasteiger charge is 2.21. The van der Waals surface area contributed by atoms with Gasteiger partial charge in [0.05, 0.1) is 5.52 Å². The zero-order chi connectivity index (χ0) is 13.9. The Balaban J connectivity index is 2.40. The van der Waals surface area contributed by atoms with Crippen LogP contribution in [0.5, 0.6) is 0 Å². The van der Waals surface area contributed by atoms with Crippen molar-refractivity contribution in [2.24, 2.45) is 0 Å². The van der Waals surface area contributed by atoms with E-state index in [1.807, 2.05) is 24.3 Å². The molecule has 2 aromatic rings. The maximum absolute atomic E-state index is 9.19. The monoisotopic (exact) mass is 259 g/mol. The van der Waals surface area contributed by atoms with Crippen LogP contribution >= 0.6 is 0 Å². The Morgan fingerprint density at radius 1 is 1.37 bits per heavy atom. The van der Waals surface area contributed by atoms with Crippen molar-refractivity contribution in [1.82, 2.24) is 4.98 Å². The second-order valence-electron chi connectivity index (χ2n) is 5.15. The summed E-state index contributed by atoms with van der Waals surface area (Å²) in [5, 5.41) is 13.8. The lowest BCUT2D eigenvalue weighted by Gasteiger charge is -2.30. The van der Waals surface area contributed by atoms with E-state index in [1.54, 1.807) is 6.20 Å². The molecule has 0 saturated carbocycles. The van der Waals surface area contributed by atoms with Crippen molar-refractivity contribution in [3.63, 3.8) is 0 Å². The zero-order valence-electron chi connectivity index (χ0n) is 11.5. The van der Waals surface area contributed by atoms with Gasteiger partial charge in [0.2, 0.25) is 0 Å². The lowest BCUT2D eigenvalue weighted by molar-refractivity contribution is 0.252. The van der Waals surface area contributed by atoms with Crippen LogP contribution in [-0.2, 0) is 0 Å². The van der Waals surface area contributed by atoms with Gasteiger partial charge in [-0.3, -0.25) is 4.98 Å². The number of hydrogen-bond acceptors (Lipinski definition) is 4. The van der Waals surface area contributed by atoms with Crippen LogP contribution in [0.15, 0.2) is 30.5 Å². The number of fused-ring (bicyclic) bond motifs is 1. The predicted molar refractivity (Wildman–Crippen MR) is 80.2 cm³/mol. The van der Waals surface area contributed by atoms with Gasteiger partial charge < -0.3 is 16.2 Å². The van der Waals surface area contributed by atoms with Crippen LogP contribution in [0, 0.1) is 0 Å². The third-order valence-corrected chi connectivity index (χ3v) is 3.65. The van der Waals surface area contributed by atoms with Gasteiger partial charge in [0.15, 0.2) is 0 Å². The molecule has 4 N–H and O–H groups in total. The molecule has 0 aliphatic heterocycles. The molecular formula is C15H21N3O. The molecule has 0 spiro atoms. The molecule has 0 bridgehead atoms. The van der Waals surface area contributed by atoms with Crippen LogP contribution in [0.4, 0.5) is 11.4 Å². The number of nitrogens with two attached hydrogens (primary N) is 1. The molecule has 0 radical (unpaired) electrons. The molecule has 19 heavy (non-hydrogen) atoms. The number of pyridine rings is 1. The highest BCUT2D eigenvalue weighted by molar-refractivity contribution is 5.92. The van der Waals surface area contributed by atoms with Gasteiger partial charge in [-0.05, 0) is 44.0 Å². The number of nitrogen functional groups attached to an aromatic ring is 1. The Bertz CT molecular complexity index is 570. The van der Waals surface area contributed by atoms with E-state index in [9.17, 15) is 5.11 Å². The summed E-state index contributed by atoms with van der Waals surface area (Å²) in [4.78, 5) is 4.34. The van der Waals surface area contributed by atoms with E-state index >= 15 is 0 Å². The summed E-state index contributed by atoms with van der Waals surface area (Å²) < 4.78 is 0. The Morgan fingerprint density at radius 3 is 2.84 bits per heavy atom. The molecule has 0 aliphatic rings. The molecule has 4 nitrogen and oxygen atoms in total. The fraction of sp³-hybridized carbons (Fsp3) is 0.400. The van der Waals surface area contributed by atoms with Crippen molar-refractivity contribution in [2.45, 2.75) is 32.2 Å². The molecule has 1 aromatic heterocycles. The predicted octanol–water partition coefficient (Wildman–Crippen LogP) is 2.78. The summed E-state index contributed by atoms with van der Waals surface area (Å²) in [6.45, 7) is 4.41. The van der Waals surface area contributed by atoms with Crippen LogP contribution in [0.1, 0.15) is 26.7 Å². The van der Waals surface area contributed by atoms with Crippen molar-refractivity contribution >= 4 is 22.3 Å². The minimum Gasteiger partial charge on any atom is -0.399 e. The Hall–Kier alpha value is -1.81. The minimum absolute atomic E-state index is 0.121. The van der Waals surface area contributed by atoms with Gasteiger partial charge in [-0.25, -0.2) is 0 Å². The largest absolute Gasteiger partial charge is 0.399 e. The van der Waals surface area contributed by atoms with Gasteiger partial charge >= 0.3 is 0 Å². The van der Waals surface area contributed by atoms with Gasteiger partial charge in [0.1, 0.15) is 0 Å². The number of benzene rings is 1. The Kier molecular flexibility index (Phi) is 3.90. The molecule has 1 heterocycles. The van der Waals surface area contributed by atoms with Crippen molar-refractivity contribution in [3.05, 3.63) is 30.5 Å². The van der Waals surface area contributed by atoms with Crippen LogP contribution in [0.2, 0.25) is 0 Å². The van der Waals surface area contributed by atoms with E-state index in [0.29, 0.717) is 12.1 Å². The summed E-state index contributed by atoms with van der Waals surface area (Å²) in [6.07, 6.45) is 3.42. The Labute approximate surface area is 113 Å². The van der Waals surface area contributed by atoms with E-state index in [2.05, 4.69) is 24.1 Å². The third kappa shape index (κ3) is 2.96. The van der Waals surface area contributed by atoms with E-state index in [4.69, 9.17) is 5.73 Å². The molecule has 4 heteroatoms. The van der Waals surface area contributed by atoms with Gasteiger partial charge in [0.25, 0.3) is 0 Å². The standard InChI is InChI=1S/C15H21N3O/c1-3-15(2,7-9-19)18-13-6-8-17-14-10-11(16)4-5-12(13)14/h4-6,8,10,19H,3,7,9,16H2,1-2H3,(H,17,18). The molecule has 0 saturated heterocycles. The number of nitrogens with one attached hydrogen (secondary N) is 1. The van der Waals surface area contributed by atoms with Gasteiger partial charge in [-0.1, -0.05) is 6.92 Å². The molecule has 0 fully saturated rings. The van der Waals surface area contributed by atoms with E-state index in [1.165, 1.54) is 0 Å². The number of hydrogen-bond donors (Lipinski definition) is 3. The molecule has 1 atom stereocenters. The molecule has 1 unspecified atom stereocenters. The molecule has 0 aliphatic carbocycles. The van der Waals surface area contributed by atoms with Crippen molar-refractivity contribution in [2.75, 3.05) is 17.7 Å². The molecule has 2 rings (SSSR count). The maximum Gasteiger partial charge on any atom is 0.0743 e. The first-order valence-corrected chi connectivity index (χ1v) is 6.61. The maximum atomic E-state index is 9.19. The number of aliphatic hydroxyl groups excluding tert-OH is 1. The second-order valence-corrected chi connectivity index (χ2v) is 5.15. The number of rotatable bonds is 5. The van der Waals surface area contributed by atoms with E-state index < -0.39 is 0 Å². The topological polar surface area (TPSA) is 71.2 Å². The van der Waals surface area contributed by atoms with E-state index in [0.717, 1.165) is 23.0 Å². The first-order valence-electron chi connectivity index (χ1n) is 6.61. The highest BCUT2D eigenvalue weighted by atomic mass is 16.3. The minimum atomic E-state index is -0.121. The van der Waals surface area contributed by atoms with Crippen LogP contribution < -0.4 is 11.1 Å². The third-order valence-electron chi connectivity index (χ3n) is 3.65. The van der Waals surface area contributed by atoms with Crippen LogP contribution in [0.3, 0.4) is 0 Å². The molecule has 1 aromatic carbocycles. The van der Waals surface area contributed by atoms with E-state index in [-0.39, 0.29) is 12.1 Å². The van der Waals surface area contributed by atoms with Crippen molar-refractivity contribution in [3.8, 4) is 0 Å². The normalized spacial score (nSPS) is 14.3. The number of aliphatic hydroxyl groups is 1. The SMILES string of the molecule is CCC(C)(CCO)Nc1ccnc2cc(N)ccc12. The second kappa shape index (κ2) is 5.45. The smallest absolute Gasteiger partial charge is 0.0743 e. The van der Waals surface area contributed by atoms with Crippen LogP contribution in [-0.4, -0.2) is 22.2 Å². The summed E-state index contributed by atoms with van der Waals surface area (Å²) >= 11 is 0. The first kappa shape index (κ1) is 13.6. The zero-order valence-corrected chi connectivity index (χ0v) is 11.5. The molecular weight excluding hydrogens is 238 g/mol. The fourth-order valence-corrected chi connectivity index (χ4v) is 2.17. The Morgan fingerprint density at radius 2 is 2.16 bits per heavy atom. The van der Waals surface area contributed by atoms with Gasteiger partial charge in [0, 0.05) is 35.1 Å². The fourth-order valence-electron chi connectivity index (χ4n) is 2.17. The van der Waals surface area contributed by atoms with Gasteiger partial charge in [-0.15, -0.1) is 0 Å². The quantitative estimate of drug-likeness (QED) is 0.722. The van der Waals surface area contributed by atoms with Crippen molar-refractivity contribution in [1.29, 1.82) is 0 Å². The summed E-state index contributed by atoms with van der Waals surface area (Å²) in [6, 6.07) is 7.69.